The molecule has 0 aliphatic carbocycles. The molecule has 23 heavy (non-hydrogen) atoms. The third kappa shape index (κ3) is 4.96. The zero-order chi connectivity index (χ0) is 16.8. The van der Waals surface area contributed by atoms with Gasteiger partial charge in [0, 0.05) is 6.54 Å². The molecular weight excluding hydrogens is 298 g/mol. The Labute approximate surface area is 136 Å². The monoisotopic (exact) mass is 321 g/mol. The van der Waals surface area contributed by atoms with Gasteiger partial charge in [-0.3, -0.25) is 4.79 Å². The average Bonchev–Trinajstić information content (AvgIpc) is 2.54. The molecule has 0 radical (unpaired) electrons. The van der Waals surface area contributed by atoms with E-state index in [-0.39, 0.29) is 18.9 Å². The van der Waals surface area contributed by atoms with Gasteiger partial charge in [0.25, 0.3) is 0 Å². The minimum Gasteiger partial charge on any atom is -0.493 e. The highest BCUT2D eigenvalue weighted by Gasteiger charge is 2.32. The summed E-state index contributed by atoms with van der Waals surface area (Å²) in [6.45, 7) is 5.53. The van der Waals surface area contributed by atoms with E-state index in [0.717, 1.165) is 11.3 Å². The summed E-state index contributed by atoms with van der Waals surface area (Å²) < 4.78 is 10.7. The van der Waals surface area contributed by atoms with Gasteiger partial charge in [-0.05, 0) is 23.6 Å². The SMILES string of the molecule is CC(C)COc1ccc(CC(=O)N2CCOC[C@H]2C(=O)O)cc1. The zero-order valence-electron chi connectivity index (χ0n) is 13.5. The predicted molar refractivity (Wildman–Crippen MR) is 84.4 cm³/mol. The van der Waals surface area contributed by atoms with Crippen LogP contribution < -0.4 is 4.74 Å². The molecule has 1 aliphatic rings. The number of ether oxygens (including phenoxy) is 2. The van der Waals surface area contributed by atoms with E-state index in [4.69, 9.17) is 9.47 Å². The summed E-state index contributed by atoms with van der Waals surface area (Å²) >= 11 is 0. The van der Waals surface area contributed by atoms with Crippen molar-refractivity contribution in [2.45, 2.75) is 26.3 Å². The van der Waals surface area contributed by atoms with Crippen molar-refractivity contribution < 1.29 is 24.2 Å². The molecule has 1 amide bonds. The predicted octanol–water partition coefficient (Wildman–Crippen LogP) is 1.58. The molecular formula is C17H23NO5. The van der Waals surface area contributed by atoms with E-state index in [9.17, 15) is 14.7 Å². The Hall–Kier alpha value is -2.08. The minimum atomic E-state index is -1.03. The number of carbonyl (C=O) groups excluding carboxylic acids is 1. The van der Waals surface area contributed by atoms with Gasteiger partial charge in [-0.2, -0.15) is 0 Å². The average molecular weight is 321 g/mol. The smallest absolute Gasteiger partial charge is 0.328 e. The standard InChI is InChI=1S/C17H23NO5/c1-12(2)10-23-14-5-3-13(4-6-14)9-16(19)18-7-8-22-11-15(18)17(20)21/h3-6,12,15H,7-11H2,1-2H3,(H,20,21)/t15-/m0/s1. The highest BCUT2D eigenvalue weighted by molar-refractivity contribution is 5.85. The lowest BCUT2D eigenvalue weighted by atomic mass is 10.1. The van der Waals surface area contributed by atoms with Gasteiger partial charge < -0.3 is 19.5 Å². The van der Waals surface area contributed by atoms with Crippen LogP contribution in [0.25, 0.3) is 0 Å². The largest absolute Gasteiger partial charge is 0.493 e. The molecule has 1 N–H and O–H groups in total. The molecule has 0 saturated carbocycles. The van der Waals surface area contributed by atoms with Crippen LogP contribution in [-0.2, 0) is 20.7 Å². The summed E-state index contributed by atoms with van der Waals surface area (Å²) in [5.41, 5.74) is 0.836. The Balaban J connectivity index is 1.95. The number of amides is 1. The highest BCUT2D eigenvalue weighted by Crippen LogP contribution is 2.16. The van der Waals surface area contributed by atoms with Crippen molar-refractivity contribution in [3.8, 4) is 5.75 Å². The van der Waals surface area contributed by atoms with E-state index in [1.807, 2.05) is 24.3 Å². The Bertz CT molecular complexity index is 540. The van der Waals surface area contributed by atoms with Crippen LogP contribution in [0.1, 0.15) is 19.4 Å². The first-order valence-electron chi connectivity index (χ1n) is 7.79. The number of nitrogens with zero attached hydrogens (tertiary/aromatic N) is 1. The maximum absolute atomic E-state index is 12.4. The topological polar surface area (TPSA) is 76.1 Å². The molecule has 0 aromatic heterocycles. The molecule has 6 nitrogen and oxygen atoms in total. The van der Waals surface area contributed by atoms with Crippen molar-refractivity contribution in [2.24, 2.45) is 5.92 Å². The van der Waals surface area contributed by atoms with Crippen LogP contribution in [-0.4, -0.2) is 54.3 Å². The number of benzene rings is 1. The number of carboxylic acid groups (broad SMARTS) is 1. The van der Waals surface area contributed by atoms with Crippen molar-refractivity contribution >= 4 is 11.9 Å². The first kappa shape index (κ1) is 17.3. The second-order valence-corrected chi connectivity index (χ2v) is 6.04. The minimum absolute atomic E-state index is 0.0447. The van der Waals surface area contributed by atoms with Crippen LogP contribution in [0, 0.1) is 5.92 Å². The first-order valence-corrected chi connectivity index (χ1v) is 7.79. The number of aliphatic carboxylic acids is 1. The third-order valence-corrected chi connectivity index (χ3v) is 3.60. The van der Waals surface area contributed by atoms with E-state index in [1.54, 1.807) is 0 Å². The molecule has 0 bridgehead atoms. The number of hydrogen-bond donors (Lipinski definition) is 1. The Morgan fingerprint density at radius 1 is 1.35 bits per heavy atom. The lowest BCUT2D eigenvalue weighted by molar-refractivity contribution is -0.158. The fourth-order valence-electron chi connectivity index (χ4n) is 2.35. The maximum Gasteiger partial charge on any atom is 0.328 e. The Morgan fingerprint density at radius 2 is 2.04 bits per heavy atom. The van der Waals surface area contributed by atoms with Gasteiger partial charge in [0.1, 0.15) is 5.75 Å². The zero-order valence-corrected chi connectivity index (χ0v) is 13.5. The van der Waals surface area contributed by atoms with Crippen molar-refractivity contribution in [1.29, 1.82) is 0 Å². The van der Waals surface area contributed by atoms with Crippen molar-refractivity contribution in [3.63, 3.8) is 0 Å². The molecule has 1 aliphatic heterocycles. The molecule has 0 unspecified atom stereocenters. The van der Waals surface area contributed by atoms with E-state index in [0.29, 0.717) is 25.7 Å². The fraction of sp³-hybridized carbons (Fsp3) is 0.529. The molecule has 1 heterocycles. The van der Waals surface area contributed by atoms with Crippen LogP contribution in [0.3, 0.4) is 0 Å². The first-order chi connectivity index (χ1) is 11.0. The molecule has 126 valence electrons. The summed E-state index contributed by atoms with van der Waals surface area (Å²) in [6, 6.07) is 6.44. The fourth-order valence-corrected chi connectivity index (χ4v) is 2.35. The third-order valence-electron chi connectivity index (χ3n) is 3.60. The molecule has 1 aromatic rings. The number of morpholine rings is 1. The molecule has 1 aromatic carbocycles. The molecule has 1 saturated heterocycles. The van der Waals surface area contributed by atoms with Gasteiger partial charge >= 0.3 is 5.97 Å². The van der Waals surface area contributed by atoms with Crippen LogP contribution in [0.2, 0.25) is 0 Å². The summed E-state index contributed by atoms with van der Waals surface area (Å²) in [7, 11) is 0. The van der Waals surface area contributed by atoms with Gasteiger partial charge in [0.2, 0.25) is 5.91 Å². The van der Waals surface area contributed by atoms with Crippen molar-refractivity contribution in [1.82, 2.24) is 4.90 Å². The number of rotatable bonds is 6. The second kappa shape index (κ2) is 7.97. The lowest BCUT2D eigenvalue weighted by Gasteiger charge is -2.32. The van der Waals surface area contributed by atoms with Crippen LogP contribution >= 0.6 is 0 Å². The van der Waals surface area contributed by atoms with Gasteiger partial charge in [-0.15, -0.1) is 0 Å². The molecule has 6 heteroatoms. The van der Waals surface area contributed by atoms with Crippen LogP contribution in [0.4, 0.5) is 0 Å². The van der Waals surface area contributed by atoms with Crippen molar-refractivity contribution in [3.05, 3.63) is 29.8 Å². The van der Waals surface area contributed by atoms with E-state index >= 15 is 0 Å². The van der Waals surface area contributed by atoms with Gasteiger partial charge in [-0.1, -0.05) is 26.0 Å². The van der Waals surface area contributed by atoms with Crippen LogP contribution in [0.15, 0.2) is 24.3 Å². The van der Waals surface area contributed by atoms with E-state index in [2.05, 4.69) is 13.8 Å². The summed E-state index contributed by atoms with van der Waals surface area (Å²) in [5.74, 6) is -0.0118. The van der Waals surface area contributed by atoms with E-state index < -0.39 is 12.0 Å². The summed E-state index contributed by atoms with van der Waals surface area (Å²) in [5, 5.41) is 9.17. The van der Waals surface area contributed by atoms with Gasteiger partial charge in [0.15, 0.2) is 6.04 Å². The molecule has 0 spiro atoms. The quantitative estimate of drug-likeness (QED) is 0.861. The second-order valence-electron chi connectivity index (χ2n) is 6.04. The number of hydrogen-bond acceptors (Lipinski definition) is 4. The summed E-state index contributed by atoms with van der Waals surface area (Å²) in [4.78, 5) is 24.9. The molecule has 1 atom stereocenters. The lowest BCUT2D eigenvalue weighted by Crippen LogP contribution is -2.53. The Morgan fingerprint density at radius 3 is 2.65 bits per heavy atom. The normalized spacial score (nSPS) is 18.0. The summed E-state index contributed by atoms with van der Waals surface area (Å²) in [6.07, 6.45) is 0.175. The molecule has 1 fully saturated rings. The number of carbonyl (C=O) groups is 2. The van der Waals surface area contributed by atoms with E-state index in [1.165, 1.54) is 4.90 Å². The van der Waals surface area contributed by atoms with Gasteiger partial charge in [0.05, 0.1) is 26.2 Å². The maximum atomic E-state index is 12.4. The Kier molecular flexibility index (Phi) is 5.98. The van der Waals surface area contributed by atoms with Crippen LogP contribution in [0.5, 0.6) is 5.75 Å². The molecule has 2 rings (SSSR count). The van der Waals surface area contributed by atoms with Gasteiger partial charge in [-0.25, -0.2) is 4.79 Å². The van der Waals surface area contributed by atoms with Crippen molar-refractivity contribution in [2.75, 3.05) is 26.4 Å². The number of carboxylic acids is 1. The highest BCUT2D eigenvalue weighted by atomic mass is 16.5.